The molecule has 1 aliphatic rings. The number of carbonyl (C=O) groups is 1. The molecule has 1 aliphatic heterocycles. The number of methoxy groups -OCH3 is 1. The Morgan fingerprint density at radius 2 is 1.83 bits per heavy atom. The Morgan fingerprint density at radius 1 is 1.10 bits per heavy atom. The Balaban J connectivity index is 1.57. The molecule has 1 fully saturated rings. The molecule has 0 radical (unpaired) electrons. The number of para-hydroxylation sites is 2. The Bertz CT molecular complexity index is 941. The average molecular weight is 420 g/mol. The predicted molar refractivity (Wildman–Crippen MR) is 108 cm³/mol. The van der Waals surface area contributed by atoms with E-state index in [9.17, 15) is 13.2 Å². The van der Waals surface area contributed by atoms with Crippen LogP contribution in [0.5, 0.6) is 11.5 Å². The van der Waals surface area contributed by atoms with E-state index in [0.29, 0.717) is 43.5 Å². The standard InChI is InChI=1S/C20H24N2O6S/c1-26-18-7-2-3-8-19(18)28-12-9-20(23)21-16-5-4-6-17(15-16)29(24,25)22-10-13-27-14-11-22/h2-8,15H,9-14H2,1H3,(H,21,23). The molecular weight excluding hydrogens is 396 g/mol. The number of amides is 1. The molecule has 0 bridgehead atoms. The number of nitrogens with zero attached hydrogens (tertiary/aromatic N) is 1. The van der Waals surface area contributed by atoms with Crippen molar-refractivity contribution >= 4 is 21.6 Å². The van der Waals surface area contributed by atoms with Crippen molar-refractivity contribution in [1.82, 2.24) is 4.31 Å². The van der Waals surface area contributed by atoms with Gasteiger partial charge in [0, 0.05) is 18.8 Å². The SMILES string of the molecule is COc1ccccc1OCCC(=O)Nc1cccc(S(=O)(=O)N2CCOCC2)c1. The van der Waals surface area contributed by atoms with Crippen LogP contribution in [0.25, 0.3) is 0 Å². The molecule has 2 aromatic rings. The topological polar surface area (TPSA) is 94.2 Å². The van der Waals surface area contributed by atoms with Crippen molar-refractivity contribution in [3.63, 3.8) is 0 Å². The molecule has 1 amide bonds. The molecule has 0 saturated carbocycles. The fourth-order valence-corrected chi connectivity index (χ4v) is 4.34. The minimum absolute atomic E-state index is 0.110. The van der Waals surface area contributed by atoms with Gasteiger partial charge in [0.15, 0.2) is 11.5 Å². The second kappa shape index (κ2) is 9.73. The zero-order chi connectivity index (χ0) is 20.7. The van der Waals surface area contributed by atoms with Gasteiger partial charge in [0.2, 0.25) is 15.9 Å². The van der Waals surface area contributed by atoms with E-state index < -0.39 is 10.0 Å². The third kappa shape index (κ3) is 5.47. The summed E-state index contributed by atoms with van der Waals surface area (Å²) in [4.78, 5) is 12.4. The van der Waals surface area contributed by atoms with Crippen molar-refractivity contribution in [2.24, 2.45) is 0 Å². The van der Waals surface area contributed by atoms with Gasteiger partial charge in [-0.05, 0) is 30.3 Å². The molecule has 0 unspecified atom stereocenters. The third-order valence-corrected chi connectivity index (χ3v) is 6.28. The van der Waals surface area contributed by atoms with Gasteiger partial charge in [0.1, 0.15) is 0 Å². The lowest BCUT2D eigenvalue weighted by Gasteiger charge is -2.26. The zero-order valence-electron chi connectivity index (χ0n) is 16.2. The molecule has 3 rings (SSSR count). The van der Waals surface area contributed by atoms with E-state index in [1.54, 1.807) is 31.4 Å². The number of carbonyl (C=O) groups excluding carboxylic acids is 1. The van der Waals surface area contributed by atoms with Gasteiger partial charge in [0.25, 0.3) is 0 Å². The van der Waals surface area contributed by atoms with Crippen molar-refractivity contribution in [3.05, 3.63) is 48.5 Å². The Morgan fingerprint density at radius 3 is 2.55 bits per heavy atom. The summed E-state index contributed by atoms with van der Waals surface area (Å²) in [5, 5.41) is 2.71. The van der Waals surface area contributed by atoms with E-state index in [4.69, 9.17) is 14.2 Å². The molecule has 9 heteroatoms. The van der Waals surface area contributed by atoms with E-state index in [0.717, 1.165) is 0 Å². The first-order valence-electron chi connectivity index (χ1n) is 9.24. The summed E-state index contributed by atoms with van der Waals surface area (Å²) in [7, 11) is -2.07. The zero-order valence-corrected chi connectivity index (χ0v) is 17.0. The Hall–Kier alpha value is -2.62. The molecule has 29 heavy (non-hydrogen) atoms. The quantitative estimate of drug-likeness (QED) is 0.703. The molecular formula is C20H24N2O6S. The number of sulfonamides is 1. The van der Waals surface area contributed by atoms with Gasteiger partial charge in [0.05, 0.1) is 38.2 Å². The molecule has 0 aliphatic carbocycles. The highest BCUT2D eigenvalue weighted by atomic mass is 32.2. The minimum Gasteiger partial charge on any atom is -0.493 e. The second-order valence-corrected chi connectivity index (χ2v) is 8.28. The lowest BCUT2D eigenvalue weighted by Crippen LogP contribution is -2.40. The maximum absolute atomic E-state index is 12.7. The van der Waals surface area contributed by atoms with Gasteiger partial charge in [-0.1, -0.05) is 18.2 Å². The van der Waals surface area contributed by atoms with Crippen LogP contribution in [0.4, 0.5) is 5.69 Å². The average Bonchev–Trinajstić information content (AvgIpc) is 2.75. The number of morpholine rings is 1. The number of hydrogen-bond donors (Lipinski definition) is 1. The van der Waals surface area contributed by atoms with Gasteiger partial charge in [-0.2, -0.15) is 4.31 Å². The van der Waals surface area contributed by atoms with Crippen LogP contribution in [0.15, 0.2) is 53.4 Å². The predicted octanol–water partition coefficient (Wildman–Crippen LogP) is 2.12. The summed E-state index contributed by atoms with van der Waals surface area (Å²) < 4.78 is 42.9. The number of hydrogen-bond acceptors (Lipinski definition) is 6. The van der Waals surface area contributed by atoms with E-state index in [-0.39, 0.29) is 23.8 Å². The Kier molecular flexibility index (Phi) is 7.08. The summed E-state index contributed by atoms with van der Waals surface area (Å²) >= 11 is 0. The van der Waals surface area contributed by atoms with Crippen molar-refractivity contribution in [1.29, 1.82) is 0 Å². The highest BCUT2D eigenvalue weighted by molar-refractivity contribution is 7.89. The number of ether oxygens (including phenoxy) is 3. The number of benzene rings is 2. The molecule has 1 saturated heterocycles. The lowest BCUT2D eigenvalue weighted by molar-refractivity contribution is -0.116. The van der Waals surface area contributed by atoms with E-state index >= 15 is 0 Å². The number of rotatable bonds is 8. The van der Waals surface area contributed by atoms with Crippen LogP contribution >= 0.6 is 0 Å². The highest BCUT2D eigenvalue weighted by Crippen LogP contribution is 2.26. The van der Waals surface area contributed by atoms with Crippen molar-refractivity contribution in [2.75, 3.05) is 45.3 Å². The maximum atomic E-state index is 12.7. The molecule has 0 atom stereocenters. The van der Waals surface area contributed by atoms with Gasteiger partial charge in [-0.15, -0.1) is 0 Å². The fraction of sp³-hybridized carbons (Fsp3) is 0.350. The highest BCUT2D eigenvalue weighted by Gasteiger charge is 2.26. The van der Waals surface area contributed by atoms with Crippen molar-refractivity contribution in [3.8, 4) is 11.5 Å². The van der Waals surface area contributed by atoms with Crippen LogP contribution < -0.4 is 14.8 Å². The van der Waals surface area contributed by atoms with Gasteiger partial charge in [-0.3, -0.25) is 4.79 Å². The number of anilines is 1. The van der Waals surface area contributed by atoms with Crippen LogP contribution in [0.3, 0.4) is 0 Å². The third-order valence-electron chi connectivity index (χ3n) is 4.38. The maximum Gasteiger partial charge on any atom is 0.243 e. The molecule has 156 valence electrons. The van der Waals surface area contributed by atoms with Crippen molar-refractivity contribution < 1.29 is 27.4 Å². The summed E-state index contributed by atoms with van der Waals surface area (Å²) in [6.45, 7) is 1.56. The summed E-state index contributed by atoms with van der Waals surface area (Å²) in [5.74, 6) is 0.871. The fourth-order valence-electron chi connectivity index (χ4n) is 2.89. The first-order chi connectivity index (χ1) is 14.0. The monoisotopic (exact) mass is 420 g/mol. The summed E-state index contributed by atoms with van der Waals surface area (Å²) in [5.41, 5.74) is 0.418. The van der Waals surface area contributed by atoms with Gasteiger partial charge < -0.3 is 19.5 Å². The summed E-state index contributed by atoms with van der Waals surface area (Å²) in [6, 6.07) is 13.4. The van der Waals surface area contributed by atoms with E-state index in [1.807, 2.05) is 12.1 Å². The van der Waals surface area contributed by atoms with Crippen LogP contribution in [0.2, 0.25) is 0 Å². The van der Waals surface area contributed by atoms with Crippen LogP contribution in [-0.2, 0) is 19.6 Å². The van der Waals surface area contributed by atoms with Crippen LogP contribution in [0, 0.1) is 0 Å². The Labute approximate surface area is 170 Å². The first-order valence-corrected chi connectivity index (χ1v) is 10.7. The minimum atomic E-state index is -3.62. The summed E-state index contributed by atoms with van der Waals surface area (Å²) in [6.07, 6.45) is 0.110. The smallest absolute Gasteiger partial charge is 0.243 e. The molecule has 0 spiro atoms. The largest absolute Gasteiger partial charge is 0.493 e. The molecule has 2 aromatic carbocycles. The number of nitrogens with one attached hydrogen (secondary N) is 1. The lowest BCUT2D eigenvalue weighted by atomic mass is 10.3. The van der Waals surface area contributed by atoms with E-state index in [2.05, 4.69) is 5.32 Å². The molecule has 1 N–H and O–H groups in total. The second-order valence-electron chi connectivity index (χ2n) is 6.34. The molecule has 1 heterocycles. The van der Waals surface area contributed by atoms with E-state index in [1.165, 1.54) is 16.4 Å². The van der Waals surface area contributed by atoms with Crippen LogP contribution in [0.1, 0.15) is 6.42 Å². The van der Waals surface area contributed by atoms with Gasteiger partial charge >= 0.3 is 0 Å². The first kappa shape index (κ1) is 21.1. The van der Waals surface area contributed by atoms with Crippen molar-refractivity contribution in [2.45, 2.75) is 11.3 Å². The molecule has 0 aromatic heterocycles. The van der Waals surface area contributed by atoms with Gasteiger partial charge in [-0.25, -0.2) is 8.42 Å². The molecule has 8 nitrogen and oxygen atoms in total. The normalized spacial score (nSPS) is 14.9. The van der Waals surface area contributed by atoms with Crippen LogP contribution in [-0.4, -0.2) is 58.7 Å².